The number of halogens is 2. The normalized spacial score (nSPS) is 17.3. The van der Waals surface area contributed by atoms with Crippen molar-refractivity contribution in [2.24, 2.45) is 0 Å². The molecule has 2 aromatic rings. The van der Waals surface area contributed by atoms with Gasteiger partial charge >= 0.3 is 0 Å². The molecule has 0 bridgehead atoms. The van der Waals surface area contributed by atoms with E-state index in [0.29, 0.717) is 18.5 Å². The van der Waals surface area contributed by atoms with Crippen molar-refractivity contribution in [3.63, 3.8) is 0 Å². The predicted octanol–water partition coefficient (Wildman–Crippen LogP) is 3.03. The maximum absolute atomic E-state index is 13.9. The van der Waals surface area contributed by atoms with Gasteiger partial charge in [0.05, 0.1) is 5.69 Å². The minimum absolute atomic E-state index is 0.0263. The van der Waals surface area contributed by atoms with Crippen LogP contribution in [0, 0.1) is 11.6 Å². The second-order valence-electron chi connectivity index (χ2n) is 6.24. The Morgan fingerprint density at radius 3 is 2.88 bits per heavy atom. The molecule has 4 nitrogen and oxygen atoms in total. The molecule has 1 saturated heterocycles. The monoisotopic (exact) mass is 345 g/mol. The highest BCUT2D eigenvalue weighted by Gasteiger charge is 2.30. The van der Waals surface area contributed by atoms with Gasteiger partial charge in [-0.1, -0.05) is 12.1 Å². The standard InChI is InChI=1S/C19H21F2N3O/c20-15-5-4-14(18(21)11-15)13-24-17(6-7-19(24)25)8-10-22-12-16-3-1-2-9-23-16/h1-5,9,11,17,22H,6-8,10,12-13H2/t17-/m0/s1. The van der Waals surface area contributed by atoms with E-state index in [2.05, 4.69) is 10.3 Å². The number of rotatable bonds is 7. The molecule has 6 heteroatoms. The smallest absolute Gasteiger partial charge is 0.223 e. The van der Waals surface area contributed by atoms with Crippen LogP contribution < -0.4 is 5.32 Å². The van der Waals surface area contributed by atoms with Gasteiger partial charge in [0.2, 0.25) is 5.91 Å². The molecule has 1 atom stereocenters. The van der Waals surface area contributed by atoms with Crippen molar-refractivity contribution in [2.45, 2.75) is 38.4 Å². The molecule has 132 valence electrons. The molecule has 0 aliphatic carbocycles. The molecule has 1 aliphatic heterocycles. The number of carbonyl (C=O) groups excluding carboxylic acids is 1. The summed E-state index contributed by atoms with van der Waals surface area (Å²) >= 11 is 0. The highest BCUT2D eigenvalue weighted by atomic mass is 19.1. The van der Waals surface area contributed by atoms with Crippen LogP contribution >= 0.6 is 0 Å². The van der Waals surface area contributed by atoms with Crippen LogP contribution in [0.5, 0.6) is 0 Å². The second-order valence-corrected chi connectivity index (χ2v) is 6.24. The van der Waals surface area contributed by atoms with Gasteiger partial charge in [0.1, 0.15) is 11.6 Å². The quantitative estimate of drug-likeness (QED) is 0.785. The zero-order chi connectivity index (χ0) is 17.6. The van der Waals surface area contributed by atoms with Gasteiger partial charge < -0.3 is 10.2 Å². The minimum atomic E-state index is -0.607. The van der Waals surface area contributed by atoms with Crippen LogP contribution in [0.25, 0.3) is 0 Å². The summed E-state index contributed by atoms with van der Waals surface area (Å²) in [6, 6.07) is 9.34. The zero-order valence-corrected chi connectivity index (χ0v) is 13.9. The first-order valence-electron chi connectivity index (χ1n) is 8.47. The molecule has 1 aromatic carbocycles. The van der Waals surface area contributed by atoms with E-state index in [0.717, 1.165) is 31.1 Å². The number of nitrogens with one attached hydrogen (secondary N) is 1. The average Bonchev–Trinajstić information content (AvgIpc) is 2.95. The Labute approximate surface area is 145 Å². The van der Waals surface area contributed by atoms with Gasteiger partial charge in [0, 0.05) is 43.4 Å². The van der Waals surface area contributed by atoms with Gasteiger partial charge in [-0.05, 0) is 37.6 Å². The lowest BCUT2D eigenvalue weighted by molar-refractivity contribution is -0.129. The van der Waals surface area contributed by atoms with Crippen molar-refractivity contribution in [1.82, 2.24) is 15.2 Å². The Morgan fingerprint density at radius 2 is 2.12 bits per heavy atom. The predicted molar refractivity (Wildman–Crippen MR) is 90.5 cm³/mol. The number of hydrogen-bond donors (Lipinski definition) is 1. The maximum atomic E-state index is 13.9. The molecule has 0 saturated carbocycles. The summed E-state index contributed by atoms with van der Waals surface area (Å²) in [4.78, 5) is 18.1. The van der Waals surface area contributed by atoms with Crippen molar-refractivity contribution >= 4 is 5.91 Å². The minimum Gasteiger partial charge on any atom is -0.335 e. The number of aromatic nitrogens is 1. The number of benzene rings is 1. The van der Waals surface area contributed by atoms with E-state index in [-0.39, 0.29) is 18.5 Å². The number of pyridine rings is 1. The van der Waals surface area contributed by atoms with Crippen LogP contribution in [0.2, 0.25) is 0 Å². The molecule has 2 heterocycles. The van der Waals surface area contributed by atoms with Gasteiger partial charge in [-0.25, -0.2) is 8.78 Å². The maximum Gasteiger partial charge on any atom is 0.223 e. The van der Waals surface area contributed by atoms with Crippen molar-refractivity contribution in [2.75, 3.05) is 6.54 Å². The van der Waals surface area contributed by atoms with Crippen LogP contribution in [0.3, 0.4) is 0 Å². The topological polar surface area (TPSA) is 45.2 Å². The Bertz CT molecular complexity index is 724. The second kappa shape index (κ2) is 8.16. The Balaban J connectivity index is 1.53. The summed E-state index contributed by atoms with van der Waals surface area (Å²) in [7, 11) is 0. The third-order valence-corrected chi connectivity index (χ3v) is 4.49. The lowest BCUT2D eigenvalue weighted by Crippen LogP contribution is -2.35. The fraction of sp³-hybridized carbons (Fsp3) is 0.368. The summed E-state index contributed by atoms with van der Waals surface area (Å²) < 4.78 is 26.9. The third kappa shape index (κ3) is 4.60. The first kappa shape index (κ1) is 17.5. The number of hydrogen-bond acceptors (Lipinski definition) is 3. The number of carbonyl (C=O) groups is 1. The molecule has 1 N–H and O–H groups in total. The van der Waals surface area contributed by atoms with E-state index in [1.807, 2.05) is 18.2 Å². The van der Waals surface area contributed by atoms with Crippen LogP contribution in [0.15, 0.2) is 42.6 Å². The highest BCUT2D eigenvalue weighted by Crippen LogP contribution is 2.24. The van der Waals surface area contributed by atoms with E-state index in [1.165, 1.54) is 12.1 Å². The molecule has 0 unspecified atom stereocenters. The van der Waals surface area contributed by atoms with Gasteiger partial charge in [-0.15, -0.1) is 0 Å². The molecule has 25 heavy (non-hydrogen) atoms. The number of likely N-dealkylation sites (tertiary alicyclic amines) is 1. The van der Waals surface area contributed by atoms with Gasteiger partial charge in [0.25, 0.3) is 0 Å². The summed E-state index contributed by atoms with van der Waals surface area (Å²) in [5, 5.41) is 3.32. The molecular weight excluding hydrogens is 324 g/mol. The third-order valence-electron chi connectivity index (χ3n) is 4.49. The summed E-state index contributed by atoms with van der Waals surface area (Å²) in [6.07, 6.45) is 3.80. The zero-order valence-electron chi connectivity index (χ0n) is 13.9. The molecule has 1 aromatic heterocycles. The van der Waals surface area contributed by atoms with Crippen molar-refractivity contribution in [3.8, 4) is 0 Å². The van der Waals surface area contributed by atoms with E-state index in [1.54, 1.807) is 11.1 Å². The largest absolute Gasteiger partial charge is 0.335 e. The summed E-state index contributed by atoms with van der Waals surface area (Å²) in [5.74, 6) is -1.19. The highest BCUT2D eigenvalue weighted by molar-refractivity contribution is 5.78. The van der Waals surface area contributed by atoms with Crippen LogP contribution in [0.4, 0.5) is 8.78 Å². The fourth-order valence-electron chi connectivity index (χ4n) is 3.13. The first-order valence-corrected chi connectivity index (χ1v) is 8.47. The van der Waals surface area contributed by atoms with Crippen LogP contribution in [-0.4, -0.2) is 28.4 Å². The van der Waals surface area contributed by atoms with E-state index < -0.39 is 11.6 Å². The van der Waals surface area contributed by atoms with Crippen molar-refractivity contribution in [1.29, 1.82) is 0 Å². The lowest BCUT2D eigenvalue weighted by Gasteiger charge is -2.25. The SMILES string of the molecule is O=C1CC[C@@H](CCNCc2ccccn2)N1Cc1ccc(F)cc1F. The van der Waals surface area contributed by atoms with E-state index >= 15 is 0 Å². The van der Waals surface area contributed by atoms with Crippen LogP contribution in [-0.2, 0) is 17.9 Å². The molecule has 0 radical (unpaired) electrons. The van der Waals surface area contributed by atoms with Crippen LogP contribution in [0.1, 0.15) is 30.5 Å². The van der Waals surface area contributed by atoms with Crippen molar-refractivity contribution < 1.29 is 13.6 Å². The Kier molecular flexibility index (Phi) is 5.71. The van der Waals surface area contributed by atoms with Gasteiger partial charge in [-0.3, -0.25) is 9.78 Å². The molecule has 3 rings (SSSR count). The fourth-order valence-corrected chi connectivity index (χ4v) is 3.13. The summed E-state index contributed by atoms with van der Waals surface area (Å²) in [5.41, 5.74) is 1.32. The lowest BCUT2D eigenvalue weighted by atomic mass is 10.1. The van der Waals surface area contributed by atoms with E-state index in [4.69, 9.17) is 0 Å². The first-order chi connectivity index (χ1) is 12.1. The Hall–Kier alpha value is -2.34. The number of nitrogens with zero attached hydrogens (tertiary/aromatic N) is 2. The average molecular weight is 345 g/mol. The van der Waals surface area contributed by atoms with Gasteiger partial charge in [-0.2, -0.15) is 0 Å². The molecule has 0 spiro atoms. The van der Waals surface area contributed by atoms with Crippen molar-refractivity contribution in [3.05, 3.63) is 65.5 Å². The number of amides is 1. The van der Waals surface area contributed by atoms with E-state index in [9.17, 15) is 13.6 Å². The van der Waals surface area contributed by atoms with Gasteiger partial charge in [0.15, 0.2) is 0 Å². The molecule has 1 fully saturated rings. The molecular formula is C19H21F2N3O. The molecule has 1 amide bonds. The Morgan fingerprint density at radius 1 is 1.24 bits per heavy atom. The molecule has 1 aliphatic rings. The summed E-state index contributed by atoms with van der Waals surface area (Å²) in [6.45, 7) is 1.61.